The molecule has 90 valence electrons. The molecule has 0 saturated carbocycles. The molecule has 1 fully saturated rings. The molecule has 0 aliphatic carbocycles. The number of ether oxygens (including phenoxy) is 1. The molecule has 1 atom stereocenters. The van der Waals surface area contributed by atoms with Crippen LogP contribution in [0.25, 0.3) is 10.4 Å². The zero-order valence-corrected chi connectivity index (χ0v) is 10.1. The third-order valence-electron chi connectivity index (χ3n) is 2.56. The summed E-state index contributed by atoms with van der Waals surface area (Å²) >= 11 is 1.74. The smallest absolute Gasteiger partial charge is 0.326 e. The van der Waals surface area contributed by atoms with Gasteiger partial charge in [0.2, 0.25) is 0 Å². The second-order valence-corrected chi connectivity index (χ2v) is 4.72. The summed E-state index contributed by atoms with van der Waals surface area (Å²) in [5, 5.41) is 6.59. The molecule has 0 radical (unpaired) electrons. The van der Waals surface area contributed by atoms with E-state index in [0.717, 1.165) is 24.3 Å². The van der Waals surface area contributed by atoms with E-state index in [0.29, 0.717) is 13.1 Å². The lowest BCUT2D eigenvalue weighted by molar-refractivity contribution is -0.148. The van der Waals surface area contributed by atoms with Gasteiger partial charge in [0.25, 0.3) is 0 Å². The van der Waals surface area contributed by atoms with E-state index in [9.17, 15) is 4.79 Å². The van der Waals surface area contributed by atoms with E-state index in [1.165, 1.54) is 7.11 Å². The minimum Gasteiger partial charge on any atom is -0.468 e. The van der Waals surface area contributed by atoms with Gasteiger partial charge in [-0.3, -0.25) is 4.79 Å². The number of thioether (sulfide) groups is 1. The molecule has 0 aromatic rings. The van der Waals surface area contributed by atoms with Crippen LogP contribution in [0.5, 0.6) is 0 Å². The van der Waals surface area contributed by atoms with Crippen LogP contribution in [0.2, 0.25) is 0 Å². The molecule has 0 amide bonds. The molecule has 7 heteroatoms. The quantitative estimate of drug-likeness (QED) is 0.260. The third kappa shape index (κ3) is 3.30. The molecular weight excluding hydrogens is 228 g/mol. The Hall–Kier alpha value is -0.910. The van der Waals surface area contributed by atoms with E-state index < -0.39 is 5.54 Å². The summed E-state index contributed by atoms with van der Waals surface area (Å²) in [6.45, 7) is 0.847. The van der Waals surface area contributed by atoms with Gasteiger partial charge in [0.05, 0.1) is 7.11 Å². The summed E-state index contributed by atoms with van der Waals surface area (Å²) in [4.78, 5) is 14.4. The maximum Gasteiger partial charge on any atom is 0.326 e. The fourth-order valence-corrected chi connectivity index (χ4v) is 2.96. The lowest BCUT2D eigenvalue weighted by atomic mass is 9.95. The number of hydrogen-bond acceptors (Lipinski definition) is 5. The molecule has 0 aromatic heterocycles. The average molecular weight is 244 g/mol. The minimum atomic E-state index is -0.595. The summed E-state index contributed by atoms with van der Waals surface area (Å²) < 4.78 is 4.83. The van der Waals surface area contributed by atoms with Crippen LogP contribution >= 0.6 is 11.8 Å². The maximum absolute atomic E-state index is 11.8. The number of hydrogen-bond donors (Lipinski definition) is 1. The van der Waals surface area contributed by atoms with Gasteiger partial charge in [-0.25, -0.2) is 0 Å². The van der Waals surface area contributed by atoms with Crippen LogP contribution in [0.3, 0.4) is 0 Å². The highest BCUT2D eigenvalue weighted by molar-refractivity contribution is 7.99. The zero-order valence-electron chi connectivity index (χ0n) is 9.31. The van der Waals surface area contributed by atoms with E-state index in [-0.39, 0.29) is 5.97 Å². The first-order valence-corrected chi connectivity index (χ1v) is 6.33. The summed E-state index contributed by atoms with van der Waals surface area (Å²) in [5.41, 5.74) is 7.56. The molecule has 1 heterocycles. The number of methoxy groups -OCH3 is 1. The third-order valence-corrected chi connectivity index (χ3v) is 3.83. The minimum absolute atomic E-state index is 0.222. The van der Waals surface area contributed by atoms with Crippen molar-refractivity contribution in [3.05, 3.63) is 10.4 Å². The van der Waals surface area contributed by atoms with Crippen molar-refractivity contribution in [2.45, 2.75) is 18.4 Å². The Morgan fingerprint density at radius 3 is 3.12 bits per heavy atom. The summed E-state index contributed by atoms with van der Waals surface area (Å²) in [6.07, 6.45) is 1.78. The Morgan fingerprint density at radius 2 is 2.56 bits per heavy atom. The van der Waals surface area contributed by atoms with Crippen LogP contribution in [0.4, 0.5) is 0 Å². The first kappa shape index (κ1) is 13.2. The van der Waals surface area contributed by atoms with Gasteiger partial charge in [-0.05, 0) is 24.1 Å². The van der Waals surface area contributed by atoms with Gasteiger partial charge in [-0.2, -0.15) is 11.8 Å². The normalized spacial score (nSPS) is 24.6. The van der Waals surface area contributed by atoms with Crippen molar-refractivity contribution in [3.63, 3.8) is 0 Å². The molecule has 0 spiro atoms. The second kappa shape index (κ2) is 6.62. The molecule has 0 aromatic carbocycles. The monoisotopic (exact) mass is 244 g/mol. The lowest BCUT2D eigenvalue weighted by Crippen LogP contribution is -2.56. The zero-order chi connectivity index (χ0) is 11.9. The fraction of sp³-hybridized carbons (Fsp3) is 0.889. The molecule has 0 bridgehead atoms. The van der Waals surface area contributed by atoms with Gasteiger partial charge in [0.15, 0.2) is 0 Å². The second-order valence-electron chi connectivity index (χ2n) is 3.61. The first-order valence-electron chi connectivity index (χ1n) is 5.17. The number of nitrogens with one attached hydrogen (secondary N) is 1. The Labute approximate surface area is 98.7 Å². The summed E-state index contributed by atoms with van der Waals surface area (Å²) in [7, 11) is 1.40. The van der Waals surface area contributed by atoms with Gasteiger partial charge in [-0.15, -0.1) is 0 Å². The Balaban J connectivity index is 2.55. The van der Waals surface area contributed by atoms with Crippen molar-refractivity contribution in [2.75, 3.05) is 31.7 Å². The predicted octanol–water partition coefficient (Wildman–Crippen LogP) is 1.33. The highest BCUT2D eigenvalue weighted by Crippen LogP contribution is 2.27. The van der Waals surface area contributed by atoms with Crippen molar-refractivity contribution >= 4 is 17.7 Å². The van der Waals surface area contributed by atoms with Crippen molar-refractivity contribution in [1.82, 2.24) is 5.32 Å². The number of nitrogens with zero attached hydrogens (tertiary/aromatic N) is 3. The number of azide groups is 1. The van der Waals surface area contributed by atoms with Gasteiger partial charge >= 0.3 is 5.97 Å². The first-order chi connectivity index (χ1) is 7.75. The van der Waals surface area contributed by atoms with Crippen molar-refractivity contribution in [3.8, 4) is 0 Å². The molecular formula is C9H16N4O2S. The van der Waals surface area contributed by atoms with Crippen LogP contribution in [0.15, 0.2) is 5.11 Å². The van der Waals surface area contributed by atoms with Gasteiger partial charge in [-0.1, -0.05) is 5.11 Å². The van der Waals surface area contributed by atoms with E-state index in [4.69, 9.17) is 10.3 Å². The van der Waals surface area contributed by atoms with Crippen molar-refractivity contribution in [2.24, 2.45) is 5.11 Å². The molecule has 1 unspecified atom stereocenters. The highest BCUT2D eigenvalue weighted by atomic mass is 32.2. The van der Waals surface area contributed by atoms with Crippen molar-refractivity contribution < 1.29 is 9.53 Å². The molecule has 1 N–H and O–H groups in total. The molecule has 1 saturated heterocycles. The maximum atomic E-state index is 11.8. The number of rotatable bonds is 5. The van der Waals surface area contributed by atoms with E-state index in [1.807, 2.05) is 0 Å². The molecule has 16 heavy (non-hydrogen) atoms. The van der Waals surface area contributed by atoms with Crippen LogP contribution in [-0.4, -0.2) is 43.2 Å². The molecule has 1 aliphatic heterocycles. The van der Waals surface area contributed by atoms with E-state index in [2.05, 4.69) is 15.3 Å². The largest absolute Gasteiger partial charge is 0.468 e. The Bertz CT molecular complexity index is 285. The Morgan fingerprint density at radius 1 is 1.75 bits per heavy atom. The highest BCUT2D eigenvalue weighted by Gasteiger charge is 2.40. The van der Waals surface area contributed by atoms with Crippen molar-refractivity contribution in [1.29, 1.82) is 0 Å². The van der Waals surface area contributed by atoms with Crippen LogP contribution < -0.4 is 5.32 Å². The number of esters is 1. The molecule has 1 aliphatic rings. The number of carbonyl (C=O) groups is 1. The van der Waals surface area contributed by atoms with Crippen LogP contribution in [0, 0.1) is 0 Å². The topological polar surface area (TPSA) is 87.1 Å². The fourth-order valence-electron chi connectivity index (χ4n) is 1.75. The van der Waals surface area contributed by atoms with E-state index in [1.54, 1.807) is 11.8 Å². The van der Waals surface area contributed by atoms with Crippen LogP contribution in [-0.2, 0) is 9.53 Å². The van der Waals surface area contributed by atoms with Gasteiger partial charge in [0, 0.05) is 23.8 Å². The lowest BCUT2D eigenvalue weighted by Gasteiger charge is -2.34. The molecule has 6 nitrogen and oxygen atoms in total. The molecule has 1 rings (SSSR count). The average Bonchev–Trinajstić information content (AvgIpc) is 2.35. The SMILES string of the molecule is COC(=O)C1(NCCN=[N+]=[N-])CCCSC1. The van der Waals surface area contributed by atoms with Gasteiger partial charge in [0.1, 0.15) is 5.54 Å². The van der Waals surface area contributed by atoms with Crippen LogP contribution in [0.1, 0.15) is 12.8 Å². The Kier molecular flexibility index (Phi) is 5.45. The predicted molar refractivity (Wildman–Crippen MR) is 63.3 cm³/mol. The summed E-state index contributed by atoms with van der Waals surface area (Å²) in [5.74, 6) is 1.58. The van der Waals surface area contributed by atoms with Gasteiger partial charge < -0.3 is 10.1 Å². The number of carbonyl (C=O) groups excluding carboxylic acids is 1. The summed E-state index contributed by atoms with van der Waals surface area (Å²) in [6, 6.07) is 0. The van der Waals surface area contributed by atoms with E-state index >= 15 is 0 Å². The standard InChI is InChI=1S/C9H16N4O2S/c1-15-8(14)9(3-2-6-16-7-9)11-4-5-12-13-10/h11H,2-7H2,1H3.